The van der Waals surface area contributed by atoms with Crippen LogP contribution in [0.25, 0.3) is 0 Å². The molecule has 1 atom stereocenters. The molecule has 0 fully saturated rings. The van der Waals surface area contributed by atoms with Crippen LogP contribution in [0, 0.1) is 0 Å². The average molecular weight is 336 g/mol. The van der Waals surface area contributed by atoms with Gasteiger partial charge >= 0.3 is 12.2 Å². The van der Waals surface area contributed by atoms with Gasteiger partial charge < -0.3 is 14.2 Å². The summed E-state index contributed by atoms with van der Waals surface area (Å²) in [7, 11) is 1.52. The number of carbonyl (C=O) groups is 2. The number of nitrogens with one attached hydrogen (secondary N) is 1. The topological polar surface area (TPSA) is 77.1 Å². The average Bonchev–Trinajstić information content (AvgIpc) is 2.59. The molecule has 1 aromatic carbocycles. The van der Waals surface area contributed by atoms with Crippen LogP contribution in [0.1, 0.15) is 26.3 Å². The summed E-state index contributed by atoms with van der Waals surface area (Å²) in [6, 6.07) is 7.14. The van der Waals surface area contributed by atoms with Gasteiger partial charge in [-0.05, 0) is 26.8 Å². The summed E-state index contributed by atoms with van der Waals surface area (Å²) in [6.07, 6.45) is 0.0148. The van der Waals surface area contributed by atoms with E-state index >= 15 is 0 Å². The van der Waals surface area contributed by atoms with Crippen LogP contribution in [-0.2, 0) is 15.0 Å². The van der Waals surface area contributed by atoms with Crippen LogP contribution in [0.15, 0.2) is 36.9 Å². The van der Waals surface area contributed by atoms with Gasteiger partial charge in [0.25, 0.3) is 0 Å². The van der Waals surface area contributed by atoms with E-state index in [0.29, 0.717) is 11.3 Å². The standard InChI is InChI=1S/C17H24N2O5/c1-6-17(4,13-11-9-10-12-14(13)22-5)19(16(21)24-8-3)18-15(20)23-7-2/h6,9-12H,1,7-8H2,2-5H3,(H,18,20). The van der Waals surface area contributed by atoms with E-state index in [1.807, 2.05) is 0 Å². The van der Waals surface area contributed by atoms with Crippen molar-refractivity contribution >= 4 is 12.2 Å². The minimum Gasteiger partial charge on any atom is -0.496 e. The van der Waals surface area contributed by atoms with Crippen molar-refractivity contribution in [2.24, 2.45) is 0 Å². The van der Waals surface area contributed by atoms with Gasteiger partial charge in [-0.25, -0.2) is 20.0 Å². The zero-order valence-corrected chi connectivity index (χ0v) is 14.5. The van der Waals surface area contributed by atoms with Crippen LogP contribution < -0.4 is 10.2 Å². The van der Waals surface area contributed by atoms with Crippen molar-refractivity contribution in [2.45, 2.75) is 26.3 Å². The lowest BCUT2D eigenvalue weighted by Crippen LogP contribution is -2.56. The lowest BCUT2D eigenvalue weighted by Gasteiger charge is -2.38. The maximum atomic E-state index is 12.4. The molecule has 2 amide bonds. The number of nitrogens with zero attached hydrogens (tertiary/aromatic N) is 1. The fraction of sp³-hybridized carbons (Fsp3) is 0.412. The Balaban J connectivity index is 3.35. The fourth-order valence-electron chi connectivity index (χ4n) is 2.18. The van der Waals surface area contributed by atoms with Crippen molar-refractivity contribution < 1.29 is 23.8 Å². The SMILES string of the molecule is C=CC(C)(c1ccccc1OC)N(NC(=O)OCC)C(=O)OCC. The minimum absolute atomic E-state index is 0.152. The molecule has 0 aliphatic carbocycles. The highest BCUT2D eigenvalue weighted by Crippen LogP contribution is 2.35. The molecule has 0 aliphatic heterocycles. The number of carbonyl (C=O) groups excluding carboxylic acids is 2. The number of para-hydroxylation sites is 1. The lowest BCUT2D eigenvalue weighted by atomic mass is 9.90. The number of ether oxygens (including phenoxy) is 3. The first-order valence-electron chi connectivity index (χ1n) is 7.62. The molecule has 132 valence electrons. The summed E-state index contributed by atoms with van der Waals surface area (Å²) < 4.78 is 15.3. The number of hydrogen-bond acceptors (Lipinski definition) is 5. The van der Waals surface area contributed by atoms with E-state index in [4.69, 9.17) is 14.2 Å². The van der Waals surface area contributed by atoms with E-state index in [9.17, 15) is 9.59 Å². The van der Waals surface area contributed by atoms with Crippen LogP contribution in [0.5, 0.6) is 5.75 Å². The molecule has 0 bridgehead atoms. The van der Waals surface area contributed by atoms with Gasteiger partial charge in [-0.3, -0.25) is 0 Å². The molecule has 1 aromatic rings. The van der Waals surface area contributed by atoms with Crippen LogP contribution in [0.3, 0.4) is 0 Å². The number of benzene rings is 1. The van der Waals surface area contributed by atoms with E-state index in [0.717, 1.165) is 5.01 Å². The van der Waals surface area contributed by atoms with Crippen molar-refractivity contribution in [1.29, 1.82) is 0 Å². The highest BCUT2D eigenvalue weighted by Gasteiger charge is 2.39. The molecular weight excluding hydrogens is 312 g/mol. The zero-order chi connectivity index (χ0) is 18.2. The summed E-state index contributed by atoms with van der Waals surface area (Å²) in [6.45, 7) is 9.18. The van der Waals surface area contributed by atoms with Crippen LogP contribution in [-0.4, -0.2) is 37.5 Å². The largest absolute Gasteiger partial charge is 0.496 e. The first-order chi connectivity index (χ1) is 11.4. The van der Waals surface area contributed by atoms with Crippen LogP contribution in [0.2, 0.25) is 0 Å². The fourth-order valence-corrected chi connectivity index (χ4v) is 2.18. The Hall–Kier alpha value is -2.70. The first-order valence-corrected chi connectivity index (χ1v) is 7.62. The van der Waals surface area contributed by atoms with Gasteiger partial charge in [-0.2, -0.15) is 0 Å². The molecule has 0 saturated heterocycles. The van der Waals surface area contributed by atoms with Crippen LogP contribution in [0.4, 0.5) is 9.59 Å². The van der Waals surface area contributed by atoms with Gasteiger partial charge in [0, 0.05) is 5.56 Å². The molecule has 0 spiro atoms. The second-order valence-electron chi connectivity index (χ2n) is 4.92. The number of amides is 2. The quantitative estimate of drug-likeness (QED) is 0.637. The third-order valence-electron chi connectivity index (χ3n) is 3.44. The smallest absolute Gasteiger partial charge is 0.429 e. The lowest BCUT2D eigenvalue weighted by molar-refractivity contribution is 0.0369. The van der Waals surface area contributed by atoms with Gasteiger partial charge in [-0.15, -0.1) is 6.58 Å². The Morgan fingerprint density at radius 3 is 2.42 bits per heavy atom. The number of rotatable bonds is 6. The monoisotopic (exact) mass is 336 g/mol. The molecule has 0 saturated carbocycles. The molecule has 0 radical (unpaired) electrons. The van der Waals surface area contributed by atoms with Gasteiger partial charge in [0.05, 0.1) is 20.3 Å². The second-order valence-corrected chi connectivity index (χ2v) is 4.92. The molecular formula is C17H24N2O5. The maximum Gasteiger partial charge on any atom is 0.429 e. The number of methoxy groups -OCH3 is 1. The maximum absolute atomic E-state index is 12.4. The van der Waals surface area contributed by atoms with Gasteiger partial charge in [-0.1, -0.05) is 24.3 Å². The number of hydrogen-bond donors (Lipinski definition) is 1. The third kappa shape index (κ3) is 4.18. The molecule has 1 N–H and O–H groups in total. The van der Waals surface area contributed by atoms with Crippen molar-refractivity contribution in [2.75, 3.05) is 20.3 Å². The molecule has 1 unspecified atom stereocenters. The van der Waals surface area contributed by atoms with Crippen molar-refractivity contribution in [3.8, 4) is 5.75 Å². The van der Waals surface area contributed by atoms with E-state index in [2.05, 4.69) is 12.0 Å². The Labute approximate surface area is 142 Å². The van der Waals surface area contributed by atoms with Crippen molar-refractivity contribution in [3.05, 3.63) is 42.5 Å². The summed E-state index contributed by atoms with van der Waals surface area (Å²) in [5.74, 6) is 0.542. The highest BCUT2D eigenvalue weighted by atomic mass is 16.6. The predicted octanol–water partition coefficient (Wildman–Crippen LogP) is 3.22. The predicted molar refractivity (Wildman–Crippen MR) is 89.6 cm³/mol. The zero-order valence-electron chi connectivity index (χ0n) is 14.5. The van der Waals surface area contributed by atoms with E-state index in [1.165, 1.54) is 13.2 Å². The number of hydrazine groups is 1. The van der Waals surface area contributed by atoms with Crippen molar-refractivity contribution in [3.63, 3.8) is 0 Å². The summed E-state index contributed by atoms with van der Waals surface area (Å²) in [4.78, 5) is 24.3. The molecule has 7 nitrogen and oxygen atoms in total. The first kappa shape index (κ1) is 19.3. The normalized spacial score (nSPS) is 12.5. The Morgan fingerprint density at radius 2 is 1.88 bits per heavy atom. The molecule has 0 heterocycles. The minimum atomic E-state index is -1.12. The Morgan fingerprint density at radius 1 is 1.25 bits per heavy atom. The second kappa shape index (κ2) is 8.81. The van der Waals surface area contributed by atoms with E-state index in [1.54, 1.807) is 45.0 Å². The van der Waals surface area contributed by atoms with Gasteiger partial charge in [0.15, 0.2) is 0 Å². The summed E-state index contributed by atoms with van der Waals surface area (Å²) >= 11 is 0. The van der Waals surface area contributed by atoms with E-state index < -0.39 is 17.7 Å². The summed E-state index contributed by atoms with van der Waals surface area (Å²) in [5, 5.41) is 1.04. The van der Waals surface area contributed by atoms with E-state index in [-0.39, 0.29) is 13.2 Å². The van der Waals surface area contributed by atoms with Crippen molar-refractivity contribution in [1.82, 2.24) is 10.4 Å². The molecule has 24 heavy (non-hydrogen) atoms. The molecule has 7 heteroatoms. The molecule has 1 rings (SSSR count). The van der Waals surface area contributed by atoms with Gasteiger partial charge in [0.2, 0.25) is 0 Å². The van der Waals surface area contributed by atoms with Gasteiger partial charge in [0.1, 0.15) is 11.3 Å². The highest BCUT2D eigenvalue weighted by molar-refractivity contribution is 5.75. The molecule has 0 aliphatic rings. The molecule has 0 aromatic heterocycles. The Bertz CT molecular complexity index is 590. The Kier molecular flexibility index (Phi) is 7.10. The third-order valence-corrected chi connectivity index (χ3v) is 3.44. The summed E-state index contributed by atoms with van der Waals surface area (Å²) in [5.41, 5.74) is 1.93. The van der Waals surface area contributed by atoms with Crippen LogP contribution >= 0.6 is 0 Å².